The highest BCUT2D eigenvalue weighted by atomic mass is 35.5. The maximum Gasteiger partial charge on any atom is 0.331 e. The summed E-state index contributed by atoms with van der Waals surface area (Å²) in [5.74, 6) is -0.376. The zero-order valence-corrected chi connectivity index (χ0v) is 19.7. The van der Waals surface area contributed by atoms with E-state index >= 15 is 0 Å². The number of anilines is 1. The van der Waals surface area contributed by atoms with Crippen molar-refractivity contribution < 1.29 is 19.1 Å². The van der Waals surface area contributed by atoms with Crippen LogP contribution in [0.1, 0.15) is 22.3 Å². The van der Waals surface area contributed by atoms with E-state index in [1.165, 1.54) is 6.08 Å². The lowest BCUT2D eigenvalue weighted by Crippen LogP contribution is -2.20. The summed E-state index contributed by atoms with van der Waals surface area (Å²) in [5.41, 5.74) is 4.23. The van der Waals surface area contributed by atoms with Gasteiger partial charge in [-0.1, -0.05) is 53.5 Å². The molecular formula is C26H23Cl2NO4. The number of rotatable bonds is 8. The van der Waals surface area contributed by atoms with Gasteiger partial charge in [0.25, 0.3) is 5.91 Å². The highest BCUT2D eigenvalue weighted by Crippen LogP contribution is 2.26. The van der Waals surface area contributed by atoms with Gasteiger partial charge in [-0.25, -0.2) is 4.79 Å². The molecule has 3 rings (SSSR count). The highest BCUT2D eigenvalue weighted by molar-refractivity contribution is 6.35. The van der Waals surface area contributed by atoms with Crippen LogP contribution in [-0.4, -0.2) is 18.5 Å². The first-order valence-corrected chi connectivity index (χ1v) is 11.0. The number of aryl methyl sites for hydroxylation is 1. The molecular weight excluding hydrogens is 461 g/mol. The Labute approximate surface area is 202 Å². The molecule has 0 aliphatic rings. The Hall–Kier alpha value is -3.28. The Morgan fingerprint density at radius 3 is 2.30 bits per heavy atom. The average Bonchev–Trinajstić information content (AvgIpc) is 2.80. The fourth-order valence-corrected chi connectivity index (χ4v) is 3.43. The third kappa shape index (κ3) is 7.11. The molecule has 7 heteroatoms. The lowest BCUT2D eigenvalue weighted by molar-refractivity contribution is -0.142. The topological polar surface area (TPSA) is 64.6 Å². The zero-order valence-electron chi connectivity index (χ0n) is 18.2. The Morgan fingerprint density at radius 1 is 0.939 bits per heavy atom. The minimum Gasteiger partial charge on any atom is -0.489 e. The predicted molar refractivity (Wildman–Crippen MR) is 132 cm³/mol. The standard InChI is InChI=1S/C26H23Cl2NO4/c1-17-5-3-8-24(18(17)2)29-25(30)16-33-26(31)14-11-19-9-12-20(13-10-19)32-15-21-22(27)6-4-7-23(21)28/h3-14H,15-16H2,1-2H3,(H,29,30)/b14-11+. The number of amides is 1. The molecule has 0 saturated carbocycles. The summed E-state index contributed by atoms with van der Waals surface area (Å²) >= 11 is 12.3. The Kier molecular flexibility index (Phi) is 8.52. The van der Waals surface area contributed by atoms with Crippen LogP contribution in [0.3, 0.4) is 0 Å². The molecule has 33 heavy (non-hydrogen) atoms. The van der Waals surface area contributed by atoms with E-state index in [1.807, 2.05) is 26.0 Å². The second-order valence-electron chi connectivity index (χ2n) is 7.29. The number of halogens is 2. The van der Waals surface area contributed by atoms with Crippen molar-refractivity contribution in [3.8, 4) is 5.75 Å². The van der Waals surface area contributed by atoms with E-state index in [0.29, 0.717) is 27.0 Å². The zero-order chi connectivity index (χ0) is 23.8. The van der Waals surface area contributed by atoms with Crippen molar-refractivity contribution in [1.29, 1.82) is 0 Å². The van der Waals surface area contributed by atoms with Gasteiger partial charge in [0.2, 0.25) is 0 Å². The number of hydrogen-bond donors (Lipinski definition) is 1. The van der Waals surface area contributed by atoms with Gasteiger partial charge in [-0.2, -0.15) is 0 Å². The first kappa shape index (κ1) is 24.4. The lowest BCUT2D eigenvalue weighted by atomic mass is 10.1. The molecule has 0 aromatic heterocycles. The fraction of sp³-hybridized carbons (Fsp3) is 0.154. The number of benzene rings is 3. The normalized spacial score (nSPS) is 10.8. The van der Waals surface area contributed by atoms with Crippen molar-refractivity contribution >= 4 is 46.8 Å². The summed E-state index contributed by atoms with van der Waals surface area (Å²) in [6.07, 6.45) is 2.87. The van der Waals surface area contributed by atoms with Crippen LogP contribution in [0.15, 0.2) is 66.7 Å². The first-order valence-electron chi connectivity index (χ1n) is 10.2. The van der Waals surface area contributed by atoms with E-state index in [2.05, 4.69) is 5.32 Å². The Bertz CT molecular complexity index is 1150. The number of nitrogens with one attached hydrogen (secondary N) is 1. The summed E-state index contributed by atoms with van der Waals surface area (Å²) in [6.45, 7) is 3.75. The van der Waals surface area contributed by atoms with Crippen LogP contribution in [0.25, 0.3) is 6.08 Å². The van der Waals surface area contributed by atoms with E-state index in [-0.39, 0.29) is 13.2 Å². The Morgan fingerprint density at radius 2 is 1.61 bits per heavy atom. The van der Waals surface area contributed by atoms with E-state index in [1.54, 1.807) is 54.6 Å². The molecule has 0 aliphatic carbocycles. The number of esters is 1. The van der Waals surface area contributed by atoms with Crippen LogP contribution in [0, 0.1) is 13.8 Å². The van der Waals surface area contributed by atoms with Gasteiger partial charge >= 0.3 is 5.97 Å². The average molecular weight is 484 g/mol. The summed E-state index contributed by atoms with van der Waals surface area (Å²) in [7, 11) is 0. The van der Waals surface area contributed by atoms with Crippen LogP contribution in [0.5, 0.6) is 5.75 Å². The van der Waals surface area contributed by atoms with Crippen LogP contribution in [-0.2, 0) is 20.9 Å². The van der Waals surface area contributed by atoms with Crippen LogP contribution >= 0.6 is 23.2 Å². The third-order valence-electron chi connectivity index (χ3n) is 4.96. The van der Waals surface area contributed by atoms with Crippen LogP contribution < -0.4 is 10.1 Å². The monoisotopic (exact) mass is 483 g/mol. The van der Waals surface area contributed by atoms with Crippen molar-refractivity contribution in [1.82, 2.24) is 0 Å². The maximum atomic E-state index is 12.1. The highest BCUT2D eigenvalue weighted by Gasteiger charge is 2.09. The van der Waals surface area contributed by atoms with Gasteiger partial charge in [-0.3, -0.25) is 4.79 Å². The first-order chi connectivity index (χ1) is 15.8. The molecule has 0 atom stereocenters. The van der Waals surface area contributed by atoms with Crippen LogP contribution in [0.2, 0.25) is 10.0 Å². The second kappa shape index (κ2) is 11.5. The van der Waals surface area contributed by atoms with E-state index in [4.69, 9.17) is 32.7 Å². The van der Waals surface area contributed by atoms with Gasteiger partial charge in [0.1, 0.15) is 12.4 Å². The molecule has 0 radical (unpaired) electrons. The van der Waals surface area contributed by atoms with Gasteiger partial charge in [0.15, 0.2) is 6.61 Å². The molecule has 0 spiro atoms. The van der Waals surface area contributed by atoms with Crippen molar-refractivity contribution in [3.63, 3.8) is 0 Å². The SMILES string of the molecule is Cc1cccc(NC(=O)COC(=O)/C=C/c2ccc(OCc3c(Cl)cccc3Cl)cc2)c1C. The molecule has 1 amide bonds. The van der Waals surface area contributed by atoms with Crippen molar-refractivity contribution in [2.45, 2.75) is 20.5 Å². The predicted octanol–water partition coefficient (Wildman–Crippen LogP) is 6.38. The second-order valence-corrected chi connectivity index (χ2v) is 8.11. The molecule has 1 N–H and O–H groups in total. The van der Waals surface area contributed by atoms with Crippen molar-refractivity contribution in [2.75, 3.05) is 11.9 Å². The molecule has 170 valence electrons. The molecule has 0 aliphatic heterocycles. The van der Waals surface area contributed by atoms with Crippen LogP contribution in [0.4, 0.5) is 5.69 Å². The van der Waals surface area contributed by atoms with E-state index < -0.39 is 11.9 Å². The van der Waals surface area contributed by atoms with Gasteiger partial charge in [0.05, 0.1) is 0 Å². The number of carbonyl (C=O) groups is 2. The molecule has 5 nitrogen and oxygen atoms in total. The van der Waals surface area contributed by atoms with Gasteiger partial charge in [-0.15, -0.1) is 0 Å². The summed E-state index contributed by atoms with van der Waals surface area (Å²) in [4.78, 5) is 24.0. The summed E-state index contributed by atoms with van der Waals surface area (Å²) < 4.78 is 10.7. The number of hydrogen-bond acceptors (Lipinski definition) is 4. The molecule has 0 bridgehead atoms. The van der Waals surface area contributed by atoms with Gasteiger partial charge in [-0.05, 0) is 66.9 Å². The fourth-order valence-electron chi connectivity index (χ4n) is 2.92. The van der Waals surface area contributed by atoms with Gasteiger partial charge in [0, 0.05) is 27.4 Å². The minimum atomic E-state index is -0.611. The molecule has 0 heterocycles. The lowest BCUT2D eigenvalue weighted by Gasteiger charge is -2.10. The summed E-state index contributed by atoms with van der Waals surface area (Å²) in [5, 5.41) is 3.84. The number of carbonyl (C=O) groups excluding carboxylic acids is 2. The molecule has 0 fully saturated rings. The Balaban J connectivity index is 1.46. The number of ether oxygens (including phenoxy) is 2. The minimum absolute atomic E-state index is 0.240. The van der Waals surface area contributed by atoms with Gasteiger partial charge < -0.3 is 14.8 Å². The van der Waals surface area contributed by atoms with E-state index in [9.17, 15) is 9.59 Å². The van der Waals surface area contributed by atoms with E-state index in [0.717, 1.165) is 16.7 Å². The smallest absolute Gasteiger partial charge is 0.331 e. The quantitative estimate of drug-likeness (QED) is 0.298. The molecule has 0 saturated heterocycles. The van der Waals surface area contributed by atoms with Crippen molar-refractivity contribution in [2.24, 2.45) is 0 Å². The molecule has 3 aromatic carbocycles. The van der Waals surface area contributed by atoms with Crippen molar-refractivity contribution in [3.05, 3.63) is 99.0 Å². The largest absolute Gasteiger partial charge is 0.489 e. The molecule has 0 unspecified atom stereocenters. The maximum absolute atomic E-state index is 12.1. The summed E-state index contributed by atoms with van der Waals surface area (Å²) in [6, 6.07) is 18.0. The third-order valence-corrected chi connectivity index (χ3v) is 5.67. The molecule has 3 aromatic rings.